The molecule has 12 aromatic rings. The minimum absolute atomic E-state index is 0.392. The Morgan fingerprint density at radius 3 is 1.51 bits per heavy atom. The van der Waals surface area contributed by atoms with Crippen molar-refractivity contribution >= 4 is 72.8 Å². The summed E-state index contributed by atoms with van der Waals surface area (Å²) in [5.41, 5.74) is 24.0. The summed E-state index contributed by atoms with van der Waals surface area (Å²) in [6.45, 7) is 0. The van der Waals surface area contributed by atoms with Crippen LogP contribution in [0.3, 0.4) is 0 Å². The van der Waals surface area contributed by atoms with Crippen LogP contribution in [0, 0.1) is 0 Å². The molecule has 3 aliphatic rings. The van der Waals surface area contributed by atoms with Crippen molar-refractivity contribution in [3.05, 3.63) is 319 Å². The van der Waals surface area contributed by atoms with Gasteiger partial charge in [-0.05, 0) is 180 Å². The number of para-hydroxylation sites is 2. The highest BCUT2D eigenvalue weighted by Crippen LogP contribution is 2.44. The van der Waals surface area contributed by atoms with Gasteiger partial charge in [0.25, 0.3) is 0 Å². The van der Waals surface area contributed by atoms with Gasteiger partial charge in [-0.3, -0.25) is 0 Å². The fourth-order valence-corrected chi connectivity index (χ4v) is 12.9. The van der Waals surface area contributed by atoms with E-state index >= 15 is 0 Å². The molecule has 1 unspecified atom stereocenters. The van der Waals surface area contributed by atoms with Crippen LogP contribution in [0.1, 0.15) is 54.0 Å². The molecular formula is C78H60N4. The van der Waals surface area contributed by atoms with Crippen LogP contribution < -0.4 is 9.80 Å². The summed E-state index contributed by atoms with van der Waals surface area (Å²) < 4.78 is 4.95. The predicted molar refractivity (Wildman–Crippen MR) is 346 cm³/mol. The van der Waals surface area contributed by atoms with Crippen molar-refractivity contribution in [1.29, 1.82) is 0 Å². The van der Waals surface area contributed by atoms with E-state index < -0.39 is 0 Å². The van der Waals surface area contributed by atoms with E-state index in [2.05, 4.69) is 316 Å². The lowest BCUT2D eigenvalue weighted by Gasteiger charge is -2.31. The molecule has 15 rings (SSSR count). The van der Waals surface area contributed by atoms with Crippen LogP contribution in [0.5, 0.6) is 0 Å². The minimum atomic E-state index is 0.392. The number of nitrogens with zero attached hydrogens (tertiary/aromatic N) is 4. The monoisotopic (exact) mass is 1050 g/mol. The van der Waals surface area contributed by atoms with Gasteiger partial charge in [-0.1, -0.05) is 194 Å². The topological polar surface area (TPSA) is 16.3 Å². The molecule has 1 atom stereocenters. The zero-order valence-electron chi connectivity index (χ0n) is 45.7. The second kappa shape index (κ2) is 21.1. The molecule has 0 N–H and O–H groups in total. The van der Waals surface area contributed by atoms with Gasteiger partial charge in [0.2, 0.25) is 0 Å². The molecule has 0 fully saturated rings. The van der Waals surface area contributed by atoms with Crippen LogP contribution in [-0.2, 0) is 6.42 Å². The summed E-state index contributed by atoms with van der Waals surface area (Å²) in [7, 11) is 0. The summed E-state index contributed by atoms with van der Waals surface area (Å²) in [6, 6.07) is 91.8. The highest BCUT2D eigenvalue weighted by atomic mass is 15.2. The quantitative estimate of drug-likeness (QED) is 0.121. The third-order valence-electron chi connectivity index (χ3n) is 17.0. The van der Waals surface area contributed by atoms with Gasteiger partial charge in [0, 0.05) is 67.6 Å². The first-order valence-electron chi connectivity index (χ1n) is 29.0. The van der Waals surface area contributed by atoms with E-state index in [-0.39, 0.29) is 0 Å². The van der Waals surface area contributed by atoms with Crippen LogP contribution in [0.2, 0.25) is 0 Å². The van der Waals surface area contributed by atoms with Crippen LogP contribution in [0.25, 0.3) is 78.0 Å². The van der Waals surface area contributed by atoms with Crippen molar-refractivity contribution in [1.82, 2.24) is 9.13 Å². The molecule has 2 aromatic heterocycles. The van der Waals surface area contributed by atoms with Crippen LogP contribution in [-0.4, -0.2) is 9.13 Å². The first-order chi connectivity index (χ1) is 40.7. The molecule has 0 aliphatic heterocycles. The maximum absolute atomic E-state index is 2.50. The maximum atomic E-state index is 2.50. The van der Waals surface area contributed by atoms with Crippen molar-refractivity contribution in [2.75, 3.05) is 9.80 Å². The van der Waals surface area contributed by atoms with Gasteiger partial charge in [0.05, 0.1) is 22.2 Å². The Balaban J connectivity index is 0.827. The van der Waals surface area contributed by atoms with E-state index in [1.165, 1.54) is 94.5 Å². The average molecular weight is 1050 g/mol. The molecule has 0 bridgehead atoms. The number of hydrogen-bond donors (Lipinski definition) is 0. The second-order valence-electron chi connectivity index (χ2n) is 21.9. The lowest BCUT2D eigenvalue weighted by Crippen LogP contribution is -2.19. The highest BCUT2D eigenvalue weighted by Gasteiger charge is 2.26. The summed E-state index contributed by atoms with van der Waals surface area (Å²) in [5.74, 6) is 0.392. The Morgan fingerprint density at radius 1 is 0.378 bits per heavy atom. The van der Waals surface area contributed by atoms with Crippen LogP contribution >= 0.6 is 0 Å². The minimum Gasteiger partial charge on any atom is -0.314 e. The first kappa shape index (κ1) is 48.9. The highest BCUT2D eigenvalue weighted by molar-refractivity contribution is 6.10. The summed E-state index contributed by atoms with van der Waals surface area (Å²) >= 11 is 0. The summed E-state index contributed by atoms with van der Waals surface area (Å²) in [5, 5.41) is 3.75. The molecule has 4 nitrogen and oxygen atoms in total. The Labute approximate surface area is 480 Å². The van der Waals surface area contributed by atoms with E-state index in [1.807, 2.05) is 0 Å². The predicted octanol–water partition coefficient (Wildman–Crippen LogP) is 21.0. The number of rotatable bonds is 12. The van der Waals surface area contributed by atoms with Gasteiger partial charge in [-0.15, -0.1) is 0 Å². The number of benzene rings is 10. The number of anilines is 5. The first-order valence-corrected chi connectivity index (χ1v) is 29.0. The zero-order valence-corrected chi connectivity index (χ0v) is 45.7. The van der Waals surface area contributed by atoms with Crippen molar-refractivity contribution in [2.45, 2.75) is 38.0 Å². The molecule has 0 saturated carbocycles. The van der Waals surface area contributed by atoms with Crippen molar-refractivity contribution in [2.24, 2.45) is 0 Å². The molecule has 0 saturated heterocycles. The van der Waals surface area contributed by atoms with Gasteiger partial charge in [0.15, 0.2) is 0 Å². The Hall–Kier alpha value is -10.2. The summed E-state index contributed by atoms with van der Waals surface area (Å²) in [6.07, 6.45) is 23.4. The van der Waals surface area contributed by atoms with Gasteiger partial charge in [0.1, 0.15) is 0 Å². The molecule has 0 radical (unpaired) electrons. The van der Waals surface area contributed by atoms with Gasteiger partial charge in [-0.2, -0.15) is 0 Å². The molecular weight excluding hydrogens is 993 g/mol. The Kier molecular flexibility index (Phi) is 12.6. The molecule has 4 heteroatoms. The molecule has 0 amide bonds. The largest absolute Gasteiger partial charge is 0.314 e. The molecule has 392 valence electrons. The standard InChI is InChI=1S/C78H60N4/c1-5-17-55(18-6-1)59-29-37-63(38-30-59)79(64-39-31-60(32-40-64)56-19-7-2-8-20-56)69-49-51-73-71-25-13-15-27-75(71)81(77(73)53-69)67-45-47-68(48-46-67)82-76-28-16-14-26-72(76)74-52-50-70(54-78(74)82)80(65-41-33-61(34-42-65)57-21-9-3-10-22-57)66-43-35-62(36-44-66)58-23-11-4-12-24-58/h1-3,5-11,13-21,23-49,51,53-54,57H,4,12,22,50,52H2. The second-order valence-corrected chi connectivity index (χ2v) is 21.9. The van der Waals surface area contributed by atoms with Gasteiger partial charge >= 0.3 is 0 Å². The van der Waals surface area contributed by atoms with E-state index in [4.69, 9.17) is 0 Å². The van der Waals surface area contributed by atoms with Gasteiger partial charge < -0.3 is 18.9 Å². The normalized spacial score (nSPS) is 14.7. The molecule has 2 heterocycles. The van der Waals surface area contributed by atoms with Gasteiger partial charge in [-0.25, -0.2) is 0 Å². The average Bonchev–Trinajstić information content (AvgIpc) is 4.29. The Morgan fingerprint density at radius 2 is 0.902 bits per heavy atom. The van der Waals surface area contributed by atoms with Crippen molar-refractivity contribution in [3.63, 3.8) is 0 Å². The van der Waals surface area contributed by atoms with Crippen molar-refractivity contribution < 1.29 is 0 Å². The van der Waals surface area contributed by atoms with E-state index in [1.54, 1.807) is 0 Å². The third-order valence-corrected chi connectivity index (χ3v) is 17.0. The molecule has 3 aliphatic carbocycles. The maximum Gasteiger partial charge on any atom is 0.0561 e. The number of allylic oxidation sites excluding steroid dienone is 9. The van der Waals surface area contributed by atoms with Crippen LogP contribution in [0.15, 0.2) is 297 Å². The number of fused-ring (bicyclic) bond motifs is 6. The fraction of sp³-hybridized carbons (Fsp3) is 0.0769. The molecule has 0 spiro atoms. The zero-order chi connectivity index (χ0) is 54.3. The third kappa shape index (κ3) is 8.99. The van der Waals surface area contributed by atoms with Crippen LogP contribution in [0.4, 0.5) is 28.4 Å². The molecule has 10 aromatic carbocycles. The number of aromatic nitrogens is 2. The Bertz CT molecular complexity index is 4390. The van der Waals surface area contributed by atoms with E-state index in [0.29, 0.717) is 5.92 Å². The summed E-state index contributed by atoms with van der Waals surface area (Å²) in [4.78, 5) is 4.89. The smallest absolute Gasteiger partial charge is 0.0561 e. The van der Waals surface area contributed by atoms with E-state index in [0.717, 1.165) is 66.1 Å². The SMILES string of the molecule is C1=CCC(c2ccc(N(C3=Cc4c(c5ccccc5n4-c4ccc(-n5c6ccccc6c6ccc(N(c7ccc(-c8ccccc8)cc7)c7ccc(-c8ccccc8)cc7)cc65)cc4)CC3)c3ccc(C4=CCCC=C4)cc3)cc2)C=C1. The lowest BCUT2D eigenvalue weighted by atomic mass is 9.92. The van der Waals surface area contributed by atoms with E-state index in [9.17, 15) is 0 Å². The van der Waals surface area contributed by atoms with Crippen molar-refractivity contribution in [3.8, 4) is 33.6 Å². The molecule has 82 heavy (non-hydrogen) atoms. The number of hydrogen-bond acceptors (Lipinski definition) is 2. The lowest BCUT2D eigenvalue weighted by molar-refractivity contribution is 0.852. The number of aryl methyl sites for hydroxylation is 1. The fourth-order valence-electron chi connectivity index (χ4n) is 12.9.